The summed E-state index contributed by atoms with van der Waals surface area (Å²) in [5, 5.41) is 50.9. The molecule has 0 rings (SSSR count). The van der Waals surface area contributed by atoms with Crippen LogP contribution in [0.4, 0.5) is 0 Å². The van der Waals surface area contributed by atoms with Gasteiger partial charge in [-0.05, 0) is 0 Å². The van der Waals surface area contributed by atoms with E-state index in [1.54, 1.807) is 0 Å². The first-order chi connectivity index (χ1) is 9.38. The molecule has 0 saturated heterocycles. The van der Waals surface area contributed by atoms with Gasteiger partial charge in [-0.25, -0.2) is 0 Å². The van der Waals surface area contributed by atoms with Crippen molar-refractivity contribution in [3.8, 4) is 0 Å². The second-order valence-electron chi connectivity index (χ2n) is 2.83. The third-order valence-corrected chi connectivity index (χ3v) is 0.887. The van der Waals surface area contributed by atoms with Gasteiger partial charge in [-0.1, -0.05) is 0 Å². The summed E-state index contributed by atoms with van der Waals surface area (Å²) in [6.45, 7) is 0. The van der Waals surface area contributed by atoms with Crippen LogP contribution in [-0.4, -0.2) is 62.1 Å². The molecule has 14 nitrogen and oxygen atoms in total. The van der Waals surface area contributed by atoms with Crippen molar-refractivity contribution in [1.29, 1.82) is 0 Å². The van der Waals surface area contributed by atoms with Gasteiger partial charge in [0, 0.05) is 16.8 Å². The predicted molar refractivity (Wildman–Crippen MR) is 59.0 cm³/mol. The van der Waals surface area contributed by atoms with Gasteiger partial charge in [-0.2, -0.15) is 0 Å². The van der Waals surface area contributed by atoms with Crippen molar-refractivity contribution in [1.82, 2.24) is 0 Å². The van der Waals surface area contributed by atoms with E-state index in [2.05, 4.69) is 0 Å². The van der Waals surface area contributed by atoms with Gasteiger partial charge >= 0.3 is 172 Å². The van der Waals surface area contributed by atoms with E-state index in [1.807, 2.05) is 0 Å². The zero-order valence-corrected chi connectivity index (χ0v) is 24.9. The van der Waals surface area contributed by atoms with Crippen LogP contribution in [0.5, 0.6) is 0 Å². The van der Waals surface area contributed by atoms with E-state index in [0.717, 1.165) is 0 Å². The van der Waals surface area contributed by atoms with Crippen LogP contribution in [-0.2, 0) is 45.5 Å². The Morgan fingerprint density at radius 2 is 0.630 bits per heavy atom. The fourth-order valence-electron chi connectivity index (χ4n) is 0.370. The second-order valence-corrected chi connectivity index (χ2v) is 2.83. The summed E-state index contributed by atoms with van der Waals surface area (Å²) >= 11 is 0. The van der Waals surface area contributed by atoms with Gasteiger partial charge in [-0.3, -0.25) is 14.4 Å². The summed E-state index contributed by atoms with van der Waals surface area (Å²) in [6, 6.07) is 0. The first kappa shape index (κ1) is 56.9. The van der Waals surface area contributed by atoms with Crippen LogP contribution >= 0.6 is 0 Å². The number of carboxylic acids is 6. The Hall–Kier alpha value is 2.16. The summed E-state index contributed by atoms with van der Waals surface area (Å²) in [6.07, 6.45) is -2.75. The Kier molecular flexibility index (Phi) is 81.6. The van der Waals surface area contributed by atoms with Gasteiger partial charge < -0.3 is 56.0 Å². The van der Waals surface area contributed by atoms with E-state index in [9.17, 15) is 44.1 Å². The second kappa shape index (κ2) is 38.7. The molecule has 0 amide bonds. The molecule has 0 aliphatic heterocycles. The molecule has 0 unspecified atom stereocenters. The minimum Gasteiger partial charge on any atom is -0.550 e. The maximum atomic E-state index is 9.39. The van der Waals surface area contributed by atoms with Gasteiger partial charge in [0.2, 0.25) is 0 Å². The average Bonchev–Trinajstić information content (AvgIpc) is 2.10. The van der Waals surface area contributed by atoms with Gasteiger partial charge in [0.05, 0.1) is 37.2 Å². The van der Waals surface area contributed by atoms with Gasteiger partial charge in [0.15, 0.2) is 0 Å². The quantitative estimate of drug-likeness (QED) is 0.217. The Morgan fingerprint density at radius 3 is 0.630 bits per heavy atom. The van der Waals surface area contributed by atoms with Crippen LogP contribution in [0.25, 0.3) is 0 Å². The first-order valence-electron chi connectivity index (χ1n) is 4.63. The minimum atomic E-state index is -1.56. The molecule has 0 atom stereocenters. The summed E-state index contributed by atoms with van der Waals surface area (Å²) < 4.78 is 0. The standard InChI is InChI=1S/3C3H4O4.Co.3K.2H2O/c3*4-2(5)1-3(6)7;;;;;;/h3*1H2,(H,4,5)(H,6,7);;;;;2*1H2/q;;;;3*+1;;/p-3. The van der Waals surface area contributed by atoms with Crippen molar-refractivity contribution < 1.29 is 241 Å². The molecule has 0 aliphatic rings. The number of carboxylic acid groups (broad SMARTS) is 6. The number of carbonyl (C=O) groups excluding carboxylic acids is 3. The van der Waals surface area contributed by atoms with Crippen molar-refractivity contribution in [2.24, 2.45) is 0 Å². The molecule has 7 N–H and O–H groups in total. The van der Waals surface area contributed by atoms with Crippen molar-refractivity contribution in [2.75, 3.05) is 0 Å². The van der Waals surface area contributed by atoms with E-state index < -0.39 is 55.1 Å². The normalized spacial score (nSPS) is 6.22. The number of carbonyl (C=O) groups is 6. The van der Waals surface area contributed by atoms with E-state index in [0.29, 0.717) is 0 Å². The fraction of sp³-hybridized carbons (Fsp3) is 0.333. The maximum absolute atomic E-state index is 9.39. The van der Waals surface area contributed by atoms with Gasteiger partial charge in [-0.15, -0.1) is 0 Å². The smallest absolute Gasteiger partial charge is 0.550 e. The third-order valence-electron chi connectivity index (χ3n) is 0.887. The number of hydrogen-bond donors (Lipinski definition) is 3. The average molecular weight is 521 g/mol. The Balaban J connectivity index is -0.0000000231. The molecular weight excluding hydrogens is 508 g/mol. The molecule has 0 aromatic heterocycles. The largest absolute Gasteiger partial charge is 1.00 e. The zero-order valence-electron chi connectivity index (χ0n) is 14.5. The van der Waals surface area contributed by atoms with Crippen LogP contribution < -0.4 is 169 Å². The SMILES string of the molecule is O.O.O=C([O-])CC(=O)O.O=C([O-])CC(=O)O.O=C([O-])CC(=O)O.[Co].[K+].[K+].[K+]. The zero-order chi connectivity index (χ0) is 17.6. The van der Waals surface area contributed by atoms with Gasteiger partial charge in [0.1, 0.15) is 0 Å². The molecule has 0 aromatic rings. The molecule has 145 valence electrons. The number of rotatable bonds is 6. The monoisotopic (exact) mass is 521 g/mol. The molecule has 0 fully saturated rings. The Morgan fingerprint density at radius 1 is 0.519 bits per heavy atom. The van der Waals surface area contributed by atoms with E-state index in [-0.39, 0.29) is 182 Å². The van der Waals surface area contributed by atoms with Crippen LogP contribution in [0.1, 0.15) is 19.3 Å². The van der Waals surface area contributed by atoms with E-state index in [1.165, 1.54) is 0 Å². The Bertz CT molecular complexity index is 332. The predicted octanol–water partition coefficient (Wildman–Crippen LogP) is -16.0. The first-order valence-corrected chi connectivity index (χ1v) is 4.63. The molecule has 0 aromatic carbocycles. The molecule has 0 spiro atoms. The molecular formula is C9H13CoK3O14. The Labute approximate surface area is 289 Å². The van der Waals surface area contributed by atoms with Crippen molar-refractivity contribution >= 4 is 35.8 Å². The summed E-state index contributed by atoms with van der Waals surface area (Å²) in [7, 11) is 0. The number of hydrogen-bond acceptors (Lipinski definition) is 9. The summed E-state index contributed by atoms with van der Waals surface area (Å²) in [5.41, 5.74) is 0. The fourth-order valence-corrected chi connectivity index (χ4v) is 0.370. The van der Waals surface area contributed by atoms with Crippen molar-refractivity contribution in [2.45, 2.75) is 19.3 Å². The van der Waals surface area contributed by atoms with E-state index >= 15 is 0 Å². The number of aliphatic carboxylic acids is 6. The van der Waals surface area contributed by atoms with Crippen LogP contribution in [0, 0.1) is 0 Å². The molecule has 18 heteroatoms. The van der Waals surface area contributed by atoms with E-state index in [4.69, 9.17) is 15.3 Å². The maximum Gasteiger partial charge on any atom is 1.00 e. The van der Waals surface area contributed by atoms with Crippen molar-refractivity contribution in [3.05, 3.63) is 0 Å². The molecule has 1 radical (unpaired) electrons. The van der Waals surface area contributed by atoms with Gasteiger partial charge in [0.25, 0.3) is 0 Å². The molecule has 0 aliphatic carbocycles. The van der Waals surface area contributed by atoms with Crippen molar-refractivity contribution in [3.63, 3.8) is 0 Å². The minimum absolute atomic E-state index is 0. The summed E-state index contributed by atoms with van der Waals surface area (Å²) in [5.74, 6) is -8.81. The summed E-state index contributed by atoms with van der Waals surface area (Å²) in [4.78, 5) is 56.1. The van der Waals surface area contributed by atoms with Crippen LogP contribution in [0.3, 0.4) is 0 Å². The molecule has 0 heterocycles. The van der Waals surface area contributed by atoms with Crippen LogP contribution in [0.15, 0.2) is 0 Å². The molecule has 0 saturated carbocycles. The molecule has 27 heavy (non-hydrogen) atoms. The third kappa shape index (κ3) is 96.1. The molecule has 0 bridgehead atoms. The topological polar surface area (TPSA) is 295 Å². The van der Waals surface area contributed by atoms with Crippen LogP contribution in [0.2, 0.25) is 0 Å².